The van der Waals surface area contributed by atoms with E-state index in [2.05, 4.69) is 4.72 Å². The van der Waals surface area contributed by atoms with Gasteiger partial charge in [0.05, 0.1) is 0 Å². The van der Waals surface area contributed by atoms with Crippen LogP contribution in [-0.4, -0.2) is 16.4 Å². The van der Waals surface area contributed by atoms with Crippen LogP contribution in [0.4, 0.5) is 0 Å². The minimum Gasteiger partial charge on any atom is -0.275 e. The minimum absolute atomic E-state index is 0.123. The van der Waals surface area contributed by atoms with Crippen LogP contribution in [-0.2, 0) is 15.8 Å². The summed E-state index contributed by atoms with van der Waals surface area (Å²) in [5, 5.41) is 0. The molecule has 60 valence electrons. The molecular weight excluding hydrogens is 150 g/mol. The van der Waals surface area contributed by atoms with Gasteiger partial charge >= 0.3 is 0 Å². The van der Waals surface area contributed by atoms with Gasteiger partial charge in [-0.2, -0.15) is 0 Å². The predicted molar refractivity (Wildman–Crippen MR) is 41.7 cm³/mol. The quantitative estimate of drug-likeness (QED) is 0.659. The molecular formula is C6H13NO2S. The van der Waals surface area contributed by atoms with Crippen LogP contribution in [0.15, 0.2) is 0 Å². The molecule has 1 atom stereocenters. The van der Waals surface area contributed by atoms with E-state index in [-0.39, 0.29) is 5.91 Å². The van der Waals surface area contributed by atoms with Gasteiger partial charge in [-0.1, -0.05) is 13.3 Å². The molecule has 0 heterocycles. The van der Waals surface area contributed by atoms with Gasteiger partial charge in [0.15, 0.2) is 0 Å². The number of unbranched alkanes of at least 4 members (excludes halogenated alkanes) is 1. The average molecular weight is 163 g/mol. The summed E-state index contributed by atoms with van der Waals surface area (Å²) in [6, 6.07) is 0. The second-order valence-electron chi connectivity index (χ2n) is 2.08. The Kier molecular flexibility index (Phi) is 5.20. The maximum absolute atomic E-state index is 10.7. The molecule has 3 nitrogen and oxygen atoms in total. The van der Waals surface area contributed by atoms with Gasteiger partial charge in [0.25, 0.3) is 0 Å². The third-order valence-electron chi connectivity index (χ3n) is 1.01. The maximum atomic E-state index is 10.7. The van der Waals surface area contributed by atoms with E-state index in [9.17, 15) is 9.00 Å². The number of rotatable bonds is 4. The van der Waals surface area contributed by atoms with Gasteiger partial charge in [-0.05, 0) is 6.42 Å². The zero-order valence-electron chi connectivity index (χ0n) is 6.35. The molecule has 0 radical (unpaired) electrons. The molecule has 0 saturated carbocycles. The first-order valence-electron chi connectivity index (χ1n) is 3.29. The maximum Gasteiger partial charge on any atom is 0.231 e. The van der Waals surface area contributed by atoms with E-state index in [1.54, 1.807) is 0 Å². The zero-order valence-corrected chi connectivity index (χ0v) is 7.16. The highest BCUT2D eigenvalue weighted by atomic mass is 32.2. The number of carbonyl (C=O) groups excluding carboxylic acids is 1. The van der Waals surface area contributed by atoms with Crippen LogP contribution < -0.4 is 4.72 Å². The van der Waals surface area contributed by atoms with Gasteiger partial charge in [0.2, 0.25) is 5.91 Å². The Hall–Kier alpha value is -0.380. The van der Waals surface area contributed by atoms with Crippen molar-refractivity contribution < 1.29 is 9.00 Å². The van der Waals surface area contributed by atoms with Gasteiger partial charge in [0.1, 0.15) is 11.0 Å². The van der Waals surface area contributed by atoms with Crippen LogP contribution in [0.1, 0.15) is 26.2 Å². The Labute approximate surface area is 63.8 Å². The van der Waals surface area contributed by atoms with Crippen LogP contribution in [0, 0.1) is 0 Å². The molecule has 1 amide bonds. The van der Waals surface area contributed by atoms with Crippen LogP contribution in [0.2, 0.25) is 0 Å². The Morgan fingerprint density at radius 2 is 2.20 bits per heavy atom. The van der Waals surface area contributed by atoms with Crippen molar-refractivity contribution in [3.05, 3.63) is 0 Å². The monoisotopic (exact) mass is 163 g/mol. The summed E-state index contributed by atoms with van der Waals surface area (Å²) in [5.74, 6) is -0.123. The first-order chi connectivity index (χ1) is 4.66. The third kappa shape index (κ3) is 5.75. The molecule has 0 aliphatic heterocycles. The van der Waals surface area contributed by atoms with E-state index < -0.39 is 11.0 Å². The number of nitrogens with one attached hydrogen (secondary N) is 1. The van der Waals surface area contributed by atoms with Crippen molar-refractivity contribution in [3.8, 4) is 0 Å². The Balaban J connectivity index is 3.35. The van der Waals surface area contributed by atoms with Crippen molar-refractivity contribution in [1.82, 2.24) is 4.72 Å². The topological polar surface area (TPSA) is 46.2 Å². The molecule has 0 rings (SSSR count). The largest absolute Gasteiger partial charge is 0.275 e. The summed E-state index contributed by atoms with van der Waals surface area (Å²) in [7, 11) is -1.20. The summed E-state index contributed by atoms with van der Waals surface area (Å²) in [4.78, 5) is 10.7. The number of amides is 1. The average Bonchev–Trinajstić information content (AvgIpc) is 1.82. The van der Waals surface area contributed by atoms with Crippen LogP contribution >= 0.6 is 0 Å². The lowest BCUT2D eigenvalue weighted by atomic mass is 10.2. The van der Waals surface area contributed by atoms with Crippen molar-refractivity contribution in [2.75, 3.05) is 6.26 Å². The molecule has 0 saturated heterocycles. The molecule has 0 aromatic rings. The van der Waals surface area contributed by atoms with E-state index in [4.69, 9.17) is 0 Å². The predicted octanol–water partition coefficient (Wildman–Crippen LogP) is 0.586. The molecule has 0 spiro atoms. The van der Waals surface area contributed by atoms with Crippen molar-refractivity contribution in [1.29, 1.82) is 0 Å². The molecule has 0 aromatic carbocycles. The van der Waals surface area contributed by atoms with Gasteiger partial charge in [-0.3, -0.25) is 9.52 Å². The lowest BCUT2D eigenvalue weighted by Gasteiger charge is -1.98. The highest BCUT2D eigenvalue weighted by molar-refractivity contribution is 7.82. The van der Waals surface area contributed by atoms with Crippen LogP contribution in [0.5, 0.6) is 0 Å². The number of hydrogen-bond donors (Lipinski definition) is 1. The highest BCUT2D eigenvalue weighted by Crippen LogP contribution is 1.92. The van der Waals surface area contributed by atoms with E-state index in [1.807, 2.05) is 6.92 Å². The molecule has 0 aromatic heterocycles. The molecule has 10 heavy (non-hydrogen) atoms. The smallest absolute Gasteiger partial charge is 0.231 e. The first-order valence-corrected chi connectivity index (χ1v) is 4.85. The van der Waals surface area contributed by atoms with Crippen molar-refractivity contribution in [2.24, 2.45) is 0 Å². The van der Waals surface area contributed by atoms with E-state index in [0.29, 0.717) is 6.42 Å². The van der Waals surface area contributed by atoms with Gasteiger partial charge in [-0.15, -0.1) is 0 Å². The first kappa shape index (κ1) is 9.62. The van der Waals surface area contributed by atoms with E-state index >= 15 is 0 Å². The van der Waals surface area contributed by atoms with Crippen LogP contribution in [0.3, 0.4) is 0 Å². The summed E-state index contributed by atoms with van der Waals surface area (Å²) in [6.07, 6.45) is 3.78. The zero-order chi connectivity index (χ0) is 7.98. The SMILES string of the molecule is CCCCC(=O)NS(C)=O. The van der Waals surface area contributed by atoms with Crippen molar-refractivity contribution in [3.63, 3.8) is 0 Å². The second-order valence-corrected chi connectivity index (χ2v) is 3.20. The molecule has 0 fully saturated rings. The lowest BCUT2D eigenvalue weighted by molar-refractivity contribution is -0.119. The van der Waals surface area contributed by atoms with Crippen LogP contribution in [0.25, 0.3) is 0 Å². The Morgan fingerprint density at radius 3 is 2.60 bits per heavy atom. The Morgan fingerprint density at radius 1 is 1.60 bits per heavy atom. The summed E-state index contributed by atoms with van der Waals surface area (Å²) in [5.41, 5.74) is 0. The third-order valence-corrected chi connectivity index (χ3v) is 1.53. The molecule has 0 aliphatic carbocycles. The highest BCUT2D eigenvalue weighted by Gasteiger charge is 1.99. The normalized spacial score (nSPS) is 12.6. The van der Waals surface area contributed by atoms with E-state index in [1.165, 1.54) is 6.26 Å². The fourth-order valence-corrected chi connectivity index (χ4v) is 0.971. The molecule has 1 N–H and O–H groups in total. The van der Waals surface area contributed by atoms with Crippen molar-refractivity contribution in [2.45, 2.75) is 26.2 Å². The fourth-order valence-electron chi connectivity index (χ4n) is 0.549. The minimum atomic E-state index is -1.20. The molecule has 1 unspecified atom stereocenters. The van der Waals surface area contributed by atoms with Gasteiger partial charge < -0.3 is 0 Å². The Bertz CT molecular complexity index is 136. The number of carbonyl (C=O) groups is 1. The standard InChI is InChI=1S/C6H13NO2S/c1-3-4-5-6(8)7-10(2)9/h3-5H2,1-2H3,(H,7,8). The van der Waals surface area contributed by atoms with Crippen molar-refractivity contribution >= 4 is 16.9 Å². The fraction of sp³-hybridized carbons (Fsp3) is 0.833. The molecule has 0 bridgehead atoms. The summed E-state index contributed by atoms with van der Waals surface area (Å²) < 4.78 is 12.7. The van der Waals surface area contributed by atoms with Gasteiger partial charge in [-0.25, -0.2) is 4.21 Å². The lowest BCUT2D eigenvalue weighted by Crippen LogP contribution is -2.23. The molecule has 4 heteroatoms. The van der Waals surface area contributed by atoms with Gasteiger partial charge in [0, 0.05) is 12.7 Å². The molecule has 0 aliphatic rings. The number of hydrogen-bond acceptors (Lipinski definition) is 2. The van der Waals surface area contributed by atoms with E-state index in [0.717, 1.165) is 12.8 Å². The summed E-state index contributed by atoms with van der Waals surface area (Å²) in [6.45, 7) is 2.01. The summed E-state index contributed by atoms with van der Waals surface area (Å²) >= 11 is 0. The second kappa shape index (κ2) is 5.41.